The number of aromatic nitrogens is 4. The number of rotatable bonds is 3. The van der Waals surface area contributed by atoms with Gasteiger partial charge in [0.05, 0.1) is 25.1 Å². The number of hydrogen-bond acceptors (Lipinski definition) is 7. The number of nitrogens with zero attached hydrogens (tertiary/aromatic N) is 6. The number of hydrogen-bond donors (Lipinski definition) is 3. The Labute approximate surface area is 117 Å². The Kier molecular flexibility index (Phi) is 3.22. The van der Waals surface area contributed by atoms with Crippen LogP contribution in [0.1, 0.15) is 12.6 Å². The number of imidazole rings is 1. The SMILES string of the molecule is [N-]=[N+]=NC[C@H]1O[C@@H](n2cnc3c(=O)[nH]c(N)nc32)C[C@@H]1O. The van der Waals surface area contributed by atoms with E-state index in [2.05, 4.69) is 25.0 Å². The number of nitrogens with two attached hydrogens (primary N) is 1. The van der Waals surface area contributed by atoms with Crippen LogP contribution < -0.4 is 11.3 Å². The number of aliphatic hydroxyl groups is 1. The third kappa shape index (κ3) is 2.29. The molecule has 2 aromatic rings. The molecule has 2 aromatic heterocycles. The molecule has 0 unspecified atom stereocenters. The number of aliphatic hydroxyl groups excluding tert-OH is 1. The number of azide groups is 1. The van der Waals surface area contributed by atoms with Gasteiger partial charge in [0.25, 0.3) is 5.56 Å². The molecule has 11 nitrogen and oxygen atoms in total. The second-order valence-corrected chi connectivity index (χ2v) is 4.62. The van der Waals surface area contributed by atoms with Crippen molar-refractivity contribution in [2.75, 3.05) is 12.3 Å². The molecule has 11 heteroatoms. The molecule has 0 saturated carbocycles. The van der Waals surface area contributed by atoms with Crippen LogP contribution in [0.3, 0.4) is 0 Å². The first kappa shape index (κ1) is 13.4. The topological polar surface area (TPSA) is 168 Å². The molecule has 1 saturated heterocycles. The third-order valence-electron chi connectivity index (χ3n) is 3.29. The molecule has 0 bridgehead atoms. The van der Waals surface area contributed by atoms with Gasteiger partial charge in [-0.1, -0.05) is 5.11 Å². The van der Waals surface area contributed by atoms with Crippen LogP contribution in [0.15, 0.2) is 16.2 Å². The summed E-state index contributed by atoms with van der Waals surface area (Å²) in [4.78, 5) is 24.7. The number of anilines is 1. The minimum Gasteiger partial charge on any atom is -0.390 e. The molecule has 1 fully saturated rings. The van der Waals surface area contributed by atoms with E-state index in [-0.39, 0.29) is 30.1 Å². The predicted molar refractivity (Wildman–Crippen MR) is 71.1 cm³/mol. The standard InChI is InChI=1S/C10H12N8O3/c11-10-15-8-7(9(20)16-10)13-3-18(8)6-1-4(19)5(21-6)2-14-17-12/h3-6,19H,1-2H2,(H3,11,15,16,20)/t4-,5+,6+/m0/s1. The molecule has 3 atom stereocenters. The molecule has 1 aliphatic rings. The van der Waals surface area contributed by atoms with Crippen molar-refractivity contribution in [2.45, 2.75) is 24.9 Å². The molecular formula is C10H12N8O3. The van der Waals surface area contributed by atoms with E-state index in [0.717, 1.165) is 0 Å². The van der Waals surface area contributed by atoms with Crippen molar-refractivity contribution in [1.82, 2.24) is 19.5 Å². The van der Waals surface area contributed by atoms with Gasteiger partial charge in [0.2, 0.25) is 5.95 Å². The molecule has 0 amide bonds. The van der Waals surface area contributed by atoms with Gasteiger partial charge in [-0.15, -0.1) is 0 Å². The number of fused-ring (bicyclic) bond motifs is 1. The zero-order chi connectivity index (χ0) is 15.0. The van der Waals surface area contributed by atoms with E-state index in [9.17, 15) is 9.90 Å². The molecule has 3 heterocycles. The van der Waals surface area contributed by atoms with Gasteiger partial charge in [-0.05, 0) is 5.53 Å². The van der Waals surface area contributed by atoms with E-state index < -0.39 is 24.0 Å². The molecule has 4 N–H and O–H groups in total. The lowest BCUT2D eigenvalue weighted by Gasteiger charge is -2.13. The molecule has 1 aliphatic heterocycles. The summed E-state index contributed by atoms with van der Waals surface area (Å²) < 4.78 is 7.15. The summed E-state index contributed by atoms with van der Waals surface area (Å²) in [7, 11) is 0. The van der Waals surface area contributed by atoms with E-state index in [0.29, 0.717) is 0 Å². The first-order valence-electron chi connectivity index (χ1n) is 6.17. The Morgan fingerprint density at radius 2 is 2.52 bits per heavy atom. The van der Waals surface area contributed by atoms with Crippen molar-refractivity contribution in [3.05, 3.63) is 27.1 Å². The highest BCUT2D eigenvalue weighted by atomic mass is 16.5. The molecule has 0 radical (unpaired) electrons. The van der Waals surface area contributed by atoms with Gasteiger partial charge in [0.1, 0.15) is 6.23 Å². The van der Waals surface area contributed by atoms with Crippen LogP contribution in [0.2, 0.25) is 0 Å². The van der Waals surface area contributed by atoms with E-state index in [4.69, 9.17) is 16.0 Å². The Bertz CT molecular complexity index is 776. The first-order chi connectivity index (χ1) is 10.1. The van der Waals surface area contributed by atoms with E-state index in [1.54, 1.807) is 0 Å². The Hall–Kier alpha value is -2.62. The highest BCUT2D eigenvalue weighted by Crippen LogP contribution is 2.30. The fourth-order valence-corrected chi connectivity index (χ4v) is 2.32. The summed E-state index contributed by atoms with van der Waals surface area (Å²) in [5.41, 5.74) is 13.8. The molecular weight excluding hydrogens is 280 g/mol. The summed E-state index contributed by atoms with van der Waals surface area (Å²) in [6.07, 6.45) is -0.275. The quantitative estimate of drug-likeness (QED) is 0.397. The Balaban J connectivity index is 1.95. The van der Waals surface area contributed by atoms with E-state index in [1.165, 1.54) is 10.9 Å². The third-order valence-corrected chi connectivity index (χ3v) is 3.29. The number of H-pyrrole nitrogens is 1. The lowest BCUT2D eigenvalue weighted by atomic mass is 10.2. The lowest BCUT2D eigenvalue weighted by molar-refractivity contribution is -0.0114. The normalized spacial score (nSPS) is 25.1. The Morgan fingerprint density at radius 3 is 3.29 bits per heavy atom. The first-order valence-corrected chi connectivity index (χ1v) is 6.17. The van der Waals surface area contributed by atoms with Gasteiger partial charge >= 0.3 is 0 Å². The maximum Gasteiger partial charge on any atom is 0.280 e. The van der Waals surface area contributed by atoms with Crippen molar-refractivity contribution in [1.29, 1.82) is 0 Å². The van der Waals surface area contributed by atoms with Crippen LogP contribution in [-0.4, -0.2) is 43.4 Å². The van der Waals surface area contributed by atoms with Gasteiger partial charge in [-0.2, -0.15) is 4.98 Å². The average molecular weight is 292 g/mol. The smallest absolute Gasteiger partial charge is 0.280 e. The zero-order valence-corrected chi connectivity index (χ0v) is 10.7. The van der Waals surface area contributed by atoms with E-state index >= 15 is 0 Å². The van der Waals surface area contributed by atoms with E-state index in [1.807, 2.05) is 0 Å². The highest BCUT2D eigenvalue weighted by molar-refractivity contribution is 5.70. The molecule has 0 aromatic carbocycles. The van der Waals surface area contributed by atoms with Crippen LogP contribution in [-0.2, 0) is 4.74 Å². The highest BCUT2D eigenvalue weighted by Gasteiger charge is 2.35. The maximum absolute atomic E-state index is 11.7. The molecule has 3 rings (SSSR count). The van der Waals surface area contributed by atoms with Crippen LogP contribution in [0, 0.1) is 0 Å². The fourth-order valence-electron chi connectivity index (χ4n) is 2.32. The number of nitrogens with one attached hydrogen (secondary N) is 1. The molecule has 0 aliphatic carbocycles. The summed E-state index contributed by atoms with van der Waals surface area (Å²) in [5.74, 6) is -0.0292. The van der Waals surface area contributed by atoms with Crippen LogP contribution in [0.4, 0.5) is 5.95 Å². The summed E-state index contributed by atoms with van der Waals surface area (Å²) in [6, 6.07) is 0. The van der Waals surface area contributed by atoms with Crippen molar-refractivity contribution in [3.63, 3.8) is 0 Å². The minimum atomic E-state index is -0.780. The maximum atomic E-state index is 11.7. The minimum absolute atomic E-state index is 0.0247. The summed E-state index contributed by atoms with van der Waals surface area (Å²) >= 11 is 0. The number of ether oxygens (including phenoxy) is 1. The van der Waals surface area contributed by atoms with Crippen molar-refractivity contribution >= 4 is 17.1 Å². The van der Waals surface area contributed by atoms with Gasteiger partial charge < -0.3 is 15.6 Å². The second-order valence-electron chi connectivity index (χ2n) is 4.62. The lowest BCUT2D eigenvalue weighted by Crippen LogP contribution is -2.23. The summed E-state index contributed by atoms with van der Waals surface area (Å²) in [5, 5.41) is 13.3. The number of aromatic amines is 1. The fraction of sp³-hybridized carbons (Fsp3) is 0.500. The zero-order valence-electron chi connectivity index (χ0n) is 10.7. The van der Waals surface area contributed by atoms with Gasteiger partial charge in [-0.3, -0.25) is 14.3 Å². The van der Waals surface area contributed by atoms with Crippen LogP contribution in [0.5, 0.6) is 0 Å². The van der Waals surface area contributed by atoms with Crippen molar-refractivity contribution in [2.24, 2.45) is 5.11 Å². The van der Waals surface area contributed by atoms with Gasteiger partial charge in [0.15, 0.2) is 11.2 Å². The monoisotopic (exact) mass is 292 g/mol. The largest absolute Gasteiger partial charge is 0.390 e. The van der Waals surface area contributed by atoms with Crippen molar-refractivity contribution < 1.29 is 9.84 Å². The molecule has 110 valence electrons. The van der Waals surface area contributed by atoms with Crippen LogP contribution >= 0.6 is 0 Å². The average Bonchev–Trinajstić information content (AvgIpc) is 3.00. The predicted octanol–water partition coefficient (Wildman–Crippen LogP) is -0.340. The molecule has 21 heavy (non-hydrogen) atoms. The number of nitrogen functional groups attached to an aromatic ring is 1. The second kappa shape index (κ2) is 5.05. The molecule has 0 spiro atoms. The van der Waals surface area contributed by atoms with Crippen molar-refractivity contribution in [3.8, 4) is 0 Å². The summed E-state index contributed by atoms with van der Waals surface area (Å²) in [6.45, 7) is 0.0247. The van der Waals surface area contributed by atoms with Crippen LogP contribution in [0.25, 0.3) is 21.6 Å². The van der Waals surface area contributed by atoms with Gasteiger partial charge in [-0.25, -0.2) is 4.98 Å². The Morgan fingerprint density at radius 1 is 1.71 bits per heavy atom. The van der Waals surface area contributed by atoms with Gasteiger partial charge in [0, 0.05) is 11.3 Å².